The number of unbranched alkanes of at least 4 members (excludes halogenated alkanes) is 2. The van der Waals surface area contributed by atoms with Gasteiger partial charge < -0.3 is 9.80 Å². The summed E-state index contributed by atoms with van der Waals surface area (Å²) in [5, 5.41) is 2.62. The zero-order chi connectivity index (χ0) is 36.0. The van der Waals surface area contributed by atoms with Crippen molar-refractivity contribution in [1.82, 2.24) is 0 Å². The van der Waals surface area contributed by atoms with Gasteiger partial charge in [0, 0.05) is 54.0 Å². The van der Waals surface area contributed by atoms with E-state index in [9.17, 15) is 0 Å². The first kappa shape index (κ1) is 34.4. The molecule has 2 nitrogen and oxygen atoms in total. The number of rotatable bonds is 13. The van der Waals surface area contributed by atoms with Crippen LogP contribution in [0.15, 0.2) is 182 Å². The lowest BCUT2D eigenvalue weighted by atomic mass is 9.69. The molecule has 0 bridgehead atoms. The molecular formula is C50H46N2S. The second-order valence-corrected chi connectivity index (χ2v) is 15.0. The lowest BCUT2D eigenvalue weighted by Gasteiger charge is -2.36. The Morgan fingerprint density at radius 1 is 0.434 bits per heavy atom. The summed E-state index contributed by atoms with van der Waals surface area (Å²) in [4.78, 5) is 4.78. The van der Waals surface area contributed by atoms with Crippen molar-refractivity contribution in [2.24, 2.45) is 0 Å². The number of anilines is 6. The number of nitrogens with zero attached hydrogens (tertiary/aromatic N) is 2. The predicted octanol–water partition coefficient (Wildman–Crippen LogP) is 15.3. The lowest BCUT2D eigenvalue weighted by Crippen LogP contribution is -2.27. The molecule has 0 spiro atoms. The van der Waals surface area contributed by atoms with Gasteiger partial charge in [-0.3, -0.25) is 0 Å². The molecule has 1 atom stereocenters. The number of hydrogen-bond donors (Lipinski definition) is 0. The Morgan fingerprint density at radius 3 is 1.45 bits per heavy atom. The summed E-state index contributed by atoms with van der Waals surface area (Å²) >= 11 is 1.87. The van der Waals surface area contributed by atoms with Crippen molar-refractivity contribution < 1.29 is 0 Å². The van der Waals surface area contributed by atoms with Crippen LogP contribution in [0.25, 0.3) is 20.2 Å². The smallest absolute Gasteiger partial charge is 0.0554 e. The minimum absolute atomic E-state index is 0.0995. The Kier molecular flexibility index (Phi) is 10.1. The number of hydrogen-bond acceptors (Lipinski definition) is 3. The summed E-state index contributed by atoms with van der Waals surface area (Å²) in [7, 11) is 0. The third kappa shape index (κ3) is 6.74. The van der Waals surface area contributed by atoms with Gasteiger partial charge in [-0.25, -0.2) is 0 Å². The van der Waals surface area contributed by atoms with Gasteiger partial charge in [-0.15, -0.1) is 11.3 Å². The topological polar surface area (TPSA) is 6.48 Å². The Labute approximate surface area is 318 Å². The van der Waals surface area contributed by atoms with Crippen LogP contribution in [-0.4, -0.2) is 0 Å². The Bertz CT molecular complexity index is 2340. The van der Waals surface area contributed by atoms with Crippen LogP contribution in [0.1, 0.15) is 57.1 Å². The highest BCUT2D eigenvalue weighted by Gasteiger charge is 2.32. The highest BCUT2D eigenvalue weighted by atomic mass is 32.1. The summed E-state index contributed by atoms with van der Waals surface area (Å²) in [5.41, 5.74) is 9.65. The van der Waals surface area contributed by atoms with E-state index < -0.39 is 0 Å². The second-order valence-electron chi connectivity index (χ2n) is 13.9. The van der Waals surface area contributed by atoms with E-state index in [0.717, 1.165) is 41.3 Å². The molecule has 0 radical (unpaired) electrons. The monoisotopic (exact) mass is 706 g/mol. The Hall–Kier alpha value is -5.64. The van der Waals surface area contributed by atoms with Crippen molar-refractivity contribution in [1.29, 1.82) is 0 Å². The quantitative estimate of drug-likeness (QED) is 0.110. The van der Waals surface area contributed by atoms with Crippen LogP contribution in [0.2, 0.25) is 0 Å². The third-order valence-corrected chi connectivity index (χ3v) is 12.0. The Morgan fingerprint density at radius 2 is 0.906 bits per heavy atom. The molecule has 0 N–H and O–H groups in total. The van der Waals surface area contributed by atoms with Crippen molar-refractivity contribution in [2.45, 2.75) is 51.4 Å². The average molecular weight is 707 g/mol. The van der Waals surface area contributed by atoms with E-state index in [-0.39, 0.29) is 5.41 Å². The molecule has 0 aliphatic carbocycles. The molecule has 8 aromatic rings. The van der Waals surface area contributed by atoms with Gasteiger partial charge in [-0.2, -0.15) is 0 Å². The van der Waals surface area contributed by atoms with Crippen molar-refractivity contribution in [2.75, 3.05) is 9.80 Å². The molecule has 0 fully saturated rings. The van der Waals surface area contributed by atoms with E-state index in [4.69, 9.17) is 0 Å². The van der Waals surface area contributed by atoms with E-state index in [1.54, 1.807) is 0 Å². The molecule has 53 heavy (non-hydrogen) atoms. The molecule has 0 saturated heterocycles. The first-order chi connectivity index (χ1) is 26.2. The molecule has 8 rings (SSSR count). The number of para-hydroxylation sites is 3. The summed E-state index contributed by atoms with van der Waals surface area (Å²) in [6.07, 6.45) is 5.76. The second kappa shape index (κ2) is 15.5. The summed E-state index contributed by atoms with van der Waals surface area (Å²) in [6.45, 7) is 4.67. The fourth-order valence-corrected chi connectivity index (χ4v) is 9.25. The summed E-state index contributed by atoms with van der Waals surface area (Å²) in [5.74, 6) is 0. The van der Waals surface area contributed by atoms with Crippen LogP contribution in [0.5, 0.6) is 0 Å². The molecule has 7 aromatic carbocycles. The fourth-order valence-electron chi connectivity index (χ4n) is 8.12. The van der Waals surface area contributed by atoms with E-state index in [0.29, 0.717) is 0 Å². The van der Waals surface area contributed by atoms with Crippen LogP contribution in [0.3, 0.4) is 0 Å². The van der Waals surface area contributed by atoms with Crippen LogP contribution in [0, 0.1) is 0 Å². The first-order valence-electron chi connectivity index (χ1n) is 19.1. The van der Waals surface area contributed by atoms with Crippen molar-refractivity contribution in [3.63, 3.8) is 0 Å². The van der Waals surface area contributed by atoms with Gasteiger partial charge in [-0.05, 0) is 103 Å². The molecule has 3 heteroatoms. The number of fused-ring (bicyclic) bond motifs is 3. The molecule has 1 heterocycles. The van der Waals surface area contributed by atoms with Crippen LogP contribution in [-0.2, 0) is 5.41 Å². The summed E-state index contributed by atoms with van der Waals surface area (Å²) in [6, 6.07) is 66.6. The van der Waals surface area contributed by atoms with E-state index in [1.807, 2.05) is 11.3 Å². The molecule has 262 valence electrons. The van der Waals surface area contributed by atoms with Gasteiger partial charge in [0.1, 0.15) is 0 Å². The van der Waals surface area contributed by atoms with Gasteiger partial charge in [0.15, 0.2) is 0 Å². The lowest BCUT2D eigenvalue weighted by molar-refractivity contribution is 0.431. The van der Waals surface area contributed by atoms with E-state index in [1.165, 1.54) is 56.2 Å². The fraction of sp³-hybridized carbons (Fsp3) is 0.160. The molecule has 1 unspecified atom stereocenters. The predicted molar refractivity (Wildman–Crippen MR) is 230 cm³/mol. The zero-order valence-corrected chi connectivity index (χ0v) is 31.5. The van der Waals surface area contributed by atoms with Crippen molar-refractivity contribution >= 4 is 65.6 Å². The zero-order valence-electron chi connectivity index (χ0n) is 30.7. The molecule has 0 saturated carbocycles. The maximum absolute atomic E-state index is 2.44. The van der Waals surface area contributed by atoms with Gasteiger partial charge in [-0.1, -0.05) is 136 Å². The standard InChI is InChI=1S/C50H46N2S/c1-3-5-17-37-50(4-2,38-29-33-43(34-30-38)51(40-19-9-6-10-20-40)41-21-11-7-12-22-41)39-31-35-44(36-32-39)52(42-23-13-8-14-24-42)46-26-18-28-48-49(46)45-25-15-16-27-47(45)53-48/h6-16,18-36H,3-5,17,37H2,1-2H3. The Balaban J connectivity index is 1.21. The molecule has 1 aromatic heterocycles. The first-order valence-corrected chi connectivity index (χ1v) is 19.9. The molecule has 0 aliphatic heterocycles. The average Bonchev–Trinajstić information content (AvgIpc) is 3.61. The van der Waals surface area contributed by atoms with Crippen LogP contribution < -0.4 is 9.80 Å². The van der Waals surface area contributed by atoms with Gasteiger partial charge in [0.05, 0.1) is 5.69 Å². The van der Waals surface area contributed by atoms with Crippen molar-refractivity contribution in [3.8, 4) is 0 Å². The van der Waals surface area contributed by atoms with Crippen LogP contribution in [0.4, 0.5) is 34.1 Å². The number of thiophene rings is 1. The van der Waals surface area contributed by atoms with E-state index in [2.05, 4.69) is 206 Å². The molecule has 0 amide bonds. The maximum Gasteiger partial charge on any atom is 0.0554 e. The number of benzene rings is 7. The van der Waals surface area contributed by atoms with Gasteiger partial charge >= 0.3 is 0 Å². The van der Waals surface area contributed by atoms with Crippen LogP contribution >= 0.6 is 11.3 Å². The molecular weight excluding hydrogens is 661 g/mol. The highest BCUT2D eigenvalue weighted by molar-refractivity contribution is 7.26. The van der Waals surface area contributed by atoms with Gasteiger partial charge in [0.2, 0.25) is 0 Å². The minimum atomic E-state index is -0.0995. The van der Waals surface area contributed by atoms with E-state index >= 15 is 0 Å². The summed E-state index contributed by atoms with van der Waals surface area (Å²) < 4.78 is 2.63. The van der Waals surface area contributed by atoms with Gasteiger partial charge in [0.25, 0.3) is 0 Å². The van der Waals surface area contributed by atoms with Crippen molar-refractivity contribution in [3.05, 3.63) is 193 Å². The normalized spacial score (nSPS) is 12.5. The third-order valence-electron chi connectivity index (χ3n) is 10.8. The minimum Gasteiger partial charge on any atom is -0.311 e. The maximum atomic E-state index is 2.44. The SMILES string of the molecule is CCCCCC(CC)(c1ccc(N(c2ccccc2)c2ccccc2)cc1)c1ccc(N(c2ccccc2)c2cccc3sc4ccccc4c23)cc1. The largest absolute Gasteiger partial charge is 0.311 e. The highest BCUT2D eigenvalue weighted by Crippen LogP contribution is 2.47. The molecule has 0 aliphatic rings.